The maximum atomic E-state index is 12.2. The second-order valence-corrected chi connectivity index (χ2v) is 4.74. The molecule has 0 amide bonds. The first-order chi connectivity index (χ1) is 8.86. The second kappa shape index (κ2) is 4.53. The van der Waals surface area contributed by atoms with Crippen LogP contribution < -0.4 is 5.56 Å². The van der Waals surface area contributed by atoms with E-state index < -0.39 is 23.1 Å². The van der Waals surface area contributed by atoms with E-state index in [1.165, 1.54) is 6.20 Å². The van der Waals surface area contributed by atoms with Gasteiger partial charge in [0.25, 0.3) is 5.56 Å². The third-order valence-electron chi connectivity index (χ3n) is 2.97. The molecule has 2 rings (SSSR count). The van der Waals surface area contributed by atoms with Crippen LogP contribution >= 0.6 is 0 Å². The van der Waals surface area contributed by atoms with Crippen molar-refractivity contribution in [2.45, 2.75) is 32.9 Å². The largest absolute Gasteiger partial charge is 0.465 e. The van der Waals surface area contributed by atoms with Crippen LogP contribution in [0.1, 0.15) is 36.7 Å². The van der Waals surface area contributed by atoms with Crippen LogP contribution in [0.3, 0.4) is 0 Å². The number of rotatable bonds is 3. The van der Waals surface area contributed by atoms with Crippen LogP contribution in [0.15, 0.2) is 17.1 Å². The number of carbonyl (C=O) groups is 2. The normalized spacial score (nSPS) is 15.8. The van der Waals surface area contributed by atoms with Gasteiger partial charge in [-0.3, -0.25) is 9.59 Å². The van der Waals surface area contributed by atoms with Crippen LogP contribution in [-0.4, -0.2) is 23.1 Å². The van der Waals surface area contributed by atoms with E-state index in [-0.39, 0.29) is 18.7 Å². The smallest absolute Gasteiger partial charge is 0.345 e. The number of hydrogen-bond donors (Lipinski definition) is 0. The summed E-state index contributed by atoms with van der Waals surface area (Å²) in [5.41, 5.74) is -0.797. The fourth-order valence-corrected chi connectivity index (χ4v) is 2.08. The SMILES string of the molecule is CCOC(=O)Cn1ccc2c(c1=O)C(=O)OC2(C)C. The average Bonchev–Trinajstić information content (AvgIpc) is 2.53. The molecule has 102 valence electrons. The van der Waals surface area contributed by atoms with Gasteiger partial charge in [0.2, 0.25) is 0 Å². The number of ether oxygens (including phenoxy) is 2. The monoisotopic (exact) mass is 265 g/mol. The van der Waals surface area contributed by atoms with Crippen molar-refractivity contribution in [3.8, 4) is 0 Å². The summed E-state index contributed by atoms with van der Waals surface area (Å²) in [6.07, 6.45) is 1.47. The third kappa shape index (κ3) is 2.25. The first-order valence-electron chi connectivity index (χ1n) is 5.99. The Kier molecular flexibility index (Phi) is 3.18. The molecule has 0 aliphatic carbocycles. The molecule has 0 saturated carbocycles. The van der Waals surface area contributed by atoms with E-state index in [0.29, 0.717) is 5.56 Å². The summed E-state index contributed by atoms with van der Waals surface area (Å²) in [6.45, 7) is 5.14. The van der Waals surface area contributed by atoms with E-state index in [1.807, 2.05) is 0 Å². The van der Waals surface area contributed by atoms with Crippen LogP contribution in [0, 0.1) is 0 Å². The molecule has 1 aromatic rings. The zero-order valence-electron chi connectivity index (χ0n) is 11.1. The van der Waals surface area contributed by atoms with Gasteiger partial charge in [0, 0.05) is 11.8 Å². The van der Waals surface area contributed by atoms with Gasteiger partial charge in [0.05, 0.1) is 6.61 Å². The number of cyclic esters (lactones) is 1. The Morgan fingerprint density at radius 1 is 1.42 bits per heavy atom. The van der Waals surface area contributed by atoms with Crippen LogP contribution in [0.4, 0.5) is 0 Å². The van der Waals surface area contributed by atoms with Gasteiger partial charge in [-0.1, -0.05) is 0 Å². The predicted octanol–water partition coefficient (Wildman–Crippen LogP) is 0.817. The molecule has 6 heteroatoms. The molecule has 0 fully saturated rings. The van der Waals surface area contributed by atoms with Crippen molar-refractivity contribution in [1.29, 1.82) is 0 Å². The molecule has 0 spiro atoms. The molecule has 0 saturated heterocycles. The number of fused-ring (bicyclic) bond motifs is 1. The van der Waals surface area contributed by atoms with E-state index in [9.17, 15) is 14.4 Å². The molecule has 2 heterocycles. The molecular formula is C13H15NO5. The maximum absolute atomic E-state index is 12.2. The lowest BCUT2D eigenvalue weighted by Crippen LogP contribution is -2.29. The Morgan fingerprint density at radius 2 is 2.11 bits per heavy atom. The van der Waals surface area contributed by atoms with E-state index in [1.54, 1.807) is 26.8 Å². The van der Waals surface area contributed by atoms with Gasteiger partial charge in [0.15, 0.2) is 0 Å². The lowest BCUT2D eigenvalue weighted by Gasteiger charge is -2.17. The summed E-state index contributed by atoms with van der Waals surface area (Å²) in [6, 6.07) is 1.63. The summed E-state index contributed by atoms with van der Waals surface area (Å²) in [5.74, 6) is -1.17. The molecule has 0 aromatic carbocycles. The highest BCUT2D eigenvalue weighted by molar-refractivity contribution is 5.94. The van der Waals surface area contributed by atoms with Crippen LogP contribution in [0.5, 0.6) is 0 Å². The Bertz CT molecular complexity index is 600. The number of esters is 2. The number of aromatic nitrogens is 1. The topological polar surface area (TPSA) is 74.6 Å². The first-order valence-corrected chi connectivity index (χ1v) is 5.99. The highest BCUT2D eigenvalue weighted by Crippen LogP contribution is 2.33. The predicted molar refractivity (Wildman–Crippen MR) is 65.8 cm³/mol. The van der Waals surface area contributed by atoms with Crippen molar-refractivity contribution in [1.82, 2.24) is 4.57 Å². The van der Waals surface area contributed by atoms with Crippen LogP contribution in [-0.2, 0) is 26.4 Å². The van der Waals surface area contributed by atoms with Gasteiger partial charge in [-0.05, 0) is 26.8 Å². The minimum atomic E-state index is -0.811. The lowest BCUT2D eigenvalue weighted by molar-refractivity contribution is -0.143. The van der Waals surface area contributed by atoms with Crippen molar-refractivity contribution < 1.29 is 19.1 Å². The molecule has 0 unspecified atom stereocenters. The Hall–Kier alpha value is -2.11. The van der Waals surface area contributed by atoms with Crippen molar-refractivity contribution in [3.63, 3.8) is 0 Å². The van der Waals surface area contributed by atoms with Gasteiger partial charge in [-0.25, -0.2) is 4.79 Å². The number of nitrogens with zero attached hydrogens (tertiary/aromatic N) is 1. The summed E-state index contributed by atoms with van der Waals surface area (Å²) in [5, 5.41) is 0. The van der Waals surface area contributed by atoms with Crippen molar-refractivity contribution in [3.05, 3.63) is 33.7 Å². The Balaban J connectivity index is 2.42. The molecule has 1 aromatic heterocycles. The molecule has 1 aliphatic heterocycles. The molecule has 6 nitrogen and oxygen atoms in total. The summed E-state index contributed by atoms with van der Waals surface area (Å²) in [7, 11) is 0. The van der Waals surface area contributed by atoms with Gasteiger partial charge in [-0.15, -0.1) is 0 Å². The fourth-order valence-electron chi connectivity index (χ4n) is 2.08. The molecule has 0 bridgehead atoms. The Labute approximate surface area is 109 Å². The van der Waals surface area contributed by atoms with Gasteiger partial charge in [0.1, 0.15) is 17.7 Å². The van der Waals surface area contributed by atoms with Gasteiger partial charge in [-0.2, -0.15) is 0 Å². The van der Waals surface area contributed by atoms with Crippen LogP contribution in [0.25, 0.3) is 0 Å². The van der Waals surface area contributed by atoms with E-state index in [2.05, 4.69) is 0 Å². The molecule has 0 radical (unpaired) electrons. The van der Waals surface area contributed by atoms with Crippen molar-refractivity contribution in [2.24, 2.45) is 0 Å². The van der Waals surface area contributed by atoms with Crippen LogP contribution in [0.2, 0.25) is 0 Å². The first kappa shape index (κ1) is 13.3. The third-order valence-corrected chi connectivity index (χ3v) is 2.97. The molecule has 1 aliphatic rings. The minimum Gasteiger partial charge on any atom is -0.465 e. The molecular weight excluding hydrogens is 250 g/mol. The number of carbonyl (C=O) groups excluding carboxylic acids is 2. The molecule has 0 atom stereocenters. The quantitative estimate of drug-likeness (QED) is 0.756. The fraction of sp³-hybridized carbons (Fsp3) is 0.462. The van der Waals surface area contributed by atoms with E-state index in [4.69, 9.17) is 9.47 Å². The lowest BCUT2D eigenvalue weighted by atomic mass is 9.98. The minimum absolute atomic E-state index is 0.00296. The zero-order valence-corrected chi connectivity index (χ0v) is 11.1. The maximum Gasteiger partial charge on any atom is 0.345 e. The Morgan fingerprint density at radius 3 is 2.74 bits per heavy atom. The van der Waals surface area contributed by atoms with Gasteiger partial charge >= 0.3 is 11.9 Å². The van der Waals surface area contributed by atoms with E-state index in [0.717, 1.165) is 4.57 Å². The zero-order chi connectivity index (χ0) is 14.2. The highest BCUT2D eigenvalue weighted by Gasteiger charge is 2.40. The molecule has 19 heavy (non-hydrogen) atoms. The summed E-state index contributed by atoms with van der Waals surface area (Å²) >= 11 is 0. The summed E-state index contributed by atoms with van der Waals surface area (Å²) in [4.78, 5) is 35.2. The number of hydrogen-bond acceptors (Lipinski definition) is 5. The van der Waals surface area contributed by atoms with Crippen molar-refractivity contribution >= 4 is 11.9 Å². The standard InChI is InChI=1S/C13H15NO5/c1-4-18-9(15)7-14-6-5-8-10(11(14)16)12(17)19-13(8,2)3/h5-6H,4,7H2,1-3H3. The molecule has 0 N–H and O–H groups in total. The van der Waals surface area contributed by atoms with Crippen molar-refractivity contribution in [2.75, 3.05) is 6.61 Å². The summed E-state index contributed by atoms with van der Waals surface area (Å²) < 4.78 is 11.1. The highest BCUT2D eigenvalue weighted by atomic mass is 16.6. The average molecular weight is 265 g/mol. The van der Waals surface area contributed by atoms with Gasteiger partial charge < -0.3 is 14.0 Å². The van der Waals surface area contributed by atoms with E-state index >= 15 is 0 Å². The second-order valence-electron chi connectivity index (χ2n) is 4.74. The number of pyridine rings is 1.